The molecule has 0 aliphatic carbocycles. The minimum Gasteiger partial charge on any atom is -0.478 e. The molecule has 0 saturated carbocycles. The largest absolute Gasteiger partial charge is 0.478 e. The molecule has 0 fully saturated rings. The van der Waals surface area contributed by atoms with Crippen molar-refractivity contribution < 1.29 is 14.7 Å². The number of benzene rings is 2. The number of aromatic carboxylic acids is 1. The van der Waals surface area contributed by atoms with Crippen LogP contribution in [0.3, 0.4) is 0 Å². The molecule has 1 aromatic heterocycles. The standard InChI is InChI=1S/C21H16ClN3O3/c22-15-10-13(6-7-14(15)21(27)28)24-18-11-17(12-4-2-1-3-5-12)25-16-8-9-23-20(26)19(16)18/h1-7,10-11H,8-9H2,(H,23,26)(H,24,25)(H,27,28). The van der Waals surface area contributed by atoms with E-state index >= 15 is 0 Å². The van der Waals surface area contributed by atoms with Crippen LogP contribution in [0.4, 0.5) is 11.4 Å². The molecule has 0 atom stereocenters. The Bertz CT molecular complexity index is 1080. The van der Waals surface area contributed by atoms with Gasteiger partial charge in [-0.05, 0) is 24.3 Å². The topological polar surface area (TPSA) is 91.3 Å². The van der Waals surface area contributed by atoms with Gasteiger partial charge in [0.2, 0.25) is 0 Å². The molecule has 140 valence electrons. The first-order valence-electron chi connectivity index (χ1n) is 8.70. The van der Waals surface area contributed by atoms with Gasteiger partial charge in [-0.2, -0.15) is 0 Å². The van der Waals surface area contributed by atoms with Crippen LogP contribution in [0.5, 0.6) is 0 Å². The summed E-state index contributed by atoms with van der Waals surface area (Å²) in [5.74, 6) is -1.28. The van der Waals surface area contributed by atoms with Gasteiger partial charge in [0.15, 0.2) is 0 Å². The summed E-state index contributed by atoms with van der Waals surface area (Å²) < 4.78 is 0. The molecule has 0 spiro atoms. The minimum absolute atomic E-state index is 0.0201. The quantitative estimate of drug-likeness (QED) is 0.620. The summed E-state index contributed by atoms with van der Waals surface area (Å²) in [5.41, 5.74) is 4.11. The molecule has 3 N–H and O–H groups in total. The summed E-state index contributed by atoms with van der Waals surface area (Å²) in [4.78, 5) is 28.3. The Hall–Kier alpha value is -3.38. The molecular formula is C21H16ClN3O3. The zero-order chi connectivity index (χ0) is 19.7. The molecule has 0 bridgehead atoms. The number of nitrogens with one attached hydrogen (secondary N) is 2. The number of fused-ring (bicyclic) bond motifs is 1. The molecule has 4 rings (SSSR count). The third-order valence-corrected chi connectivity index (χ3v) is 4.83. The molecule has 0 radical (unpaired) electrons. The Morgan fingerprint density at radius 1 is 1.14 bits per heavy atom. The lowest BCUT2D eigenvalue weighted by Gasteiger charge is -2.21. The van der Waals surface area contributed by atoms with Crippen molar-refractivity contribution in [3.63, 3.8) is 0 Å². The van der Waals surface area contributed by atoms with E-state index in [-0.39, 0.29) is 16.5 Å². The number of aromatic nitrogens is 1. The van der Waals surface area contributed by atoms with Crippen LogP contribution in [0.2, 0.25) is 5.02 Å². The smallest absolute Gasteiger partial charge is 0.337 e. The Morgan fingerprint density at radius 2 is 1.93 bits per heavy atom. The van der Waals surface area contributed by atoms with Gasteiger partial charge in [0, 0.05) is 24.2 Å². The van der Waals surface area contributed by atoms with E-state index < -0.39 is 5.97 Å². The Labute approximate surface area is 166 Å². The highest BCUT2D eigenvalue weighted by Gasteiger charge is 2.23. The fraction of sp³-hybridized carbons (Fsp3) is 0.0952. The van der Waals surface area contributed by atoms with Gasteiger partial charge in [-0.15, -0.1) is 0 Å². The summed E-state index contributed by atoms with van der Waals surface area (Å²) in [5, 5.41) is 15.3. The maximum absolute atomic E-state index is 12.5. The van der Waals surface area contributed by atoms with E-state index in [1.54, 1.807) is 6.07 Å². The highest BCUT2D eigenvalue weighted by atomic mass is 35.5. The van der Waals surface area contributed by atoms with Gasteiger partial charge in [0.05, 0.1) is 33.2 Å². The molecule has 2 aromatic carbocycles. The molecule has 1 aliphatic heterocycles. The van der Waals surface area contributed by atoms with Crippen molar-refractivity contribution >= 4 is 34.9 Å². The second-order valence-corrected chi connectivity index (χ2v) is 6.78. The highest BCUT2D eigenvalue weighted by Crippen LogP contribution is 2.31. The number of amides is 1. The lowest BCUT2D eigenvalue weighted by atomic mass is 10.0. The van der Waals surface area contributed by atoms with Crippen molar-refractivity contribution in [3.05, 3.63) is 76.4 Å². The van der Waals surface area contributed by atoms with Crippen LogP contribution in [0.1, 0.15) is 26.4 Å². The number of carboxylic acid groups (broad SMARTS) is 1. The van der Waals surface area contributed by atoms with Gasteiger partial charge in [-0.3, -0.25) is 9.78 Å². The number of carboxylic acids is 1. The first-order chi connectivity index (χ1) is 13.5. The molecule has 1 amide bonds. The number of hydrogen-bond donors (Lipinski definition) is 3. The van der Waals surface area contributed by atoms with Gasteiger partial charge in [0.1, 0.15) is 0 Å². The van der Waals surface area contributed by atoms with Crippen LogP contribution in [-0.4, -0.2) is 28.5 Å². The number of nitrogens with zero attached hydrogens (tertiary/aromatic N) is 1. The molecule has 3 aromatic rings. The van der Waals surface area contributed by atoms with Crippen molar-refractivity contribution in [2.75, 3.05) is 11.9 Å². The summed E-state index contributed by atoms with van der Waals surface area (Å²) in [6, 6.07) is 16.1. The summed E-state index contributed by atoms with van der Waals surface area (Å²) in [6.45, 7) is 0.537. The van der Waals surface area contributed by atoms with Gasteiger partial charge in [-0.1, -0.05) is 41.9 Å². The average Bonchev–Trinajstić information content (AvgIpc) is 2.68. The predicted molar refractivity (Wildman–Crippen MR) is 107 cm³/mol. The maximum Gasteiger partial charge on any atom is 0.337 e. The van der Waals surface area contributed by atoms with Gasteiger partial charge in [-0.25, -0.2) is 4.79 Å². The van der Waals surface area contributed by atoms with Gasteiger partial charge < -0.3 is 15.7 Å². The van der Waals surface area contributed by atoms with Crippen molar-refractivity contribution in [2.45, 2.75) is 6.42 Å². The molecule has 28 heavy (non-hydrogen) atoms. The zero-order valence-electron chi connectivity index (χ0n) is 14.7. The summed E-state index contributed by atoms with van der Waals surface area (Å²) in [6.07, 6.45) is 0.634. The van der Waals surface area contributed by atoms with Crippen molar-refractivity contribution in [3.8, 4) is 11.3 Å². The Balaban J connectivity index is 1.80. The number of rotatable bonds is 4. The SMILES string of the molecule is O=C(O)c1ccc(Nc2cc(-c3ccccc3)nc3c2C(=O)NCC3)cc1Cl. The van der Waals surface area contributed by atoms with Gasteiger partial charge in [0.25, 0.3) is 5.91 Å². The van der Waals surface area contributed by atoms with Crippen LogP contribution >= 0.6 is 11.6 Å². The molecule has 0 saturated heterocycles. The van der Waals surface area contributed by atoms with E-state index in [0.717, 1.165) is 17.0 Å². The van der Waals surface area contributed by atoms with Crippen molar-refractivity contribution in [1.82, 2.24) is 10.3 Å². The minimum atomic E-state index is -1.09. The van der Waals surface area contributed by atoms with Crippen LogP contribution in [-0.2, 0) is 6.42 Å². The highest BCUT2D eigenvalue weighted by molar-refractivity contribution is 6.33. The van der Waals surface area contributed by atoms with Crippen LogP contribution in [0.25, 0.3) is 11.3 Å². The van der Waals surface area contributed by atoms with Gasteiger partial charge >= 0.3 is 5.97 Å². The van der Waals surface area contributed by atoms with Crippen molar-refractivity contribution in [1.29, 1.82) is 0 Å². The third kappa shape index (κ3) is 3.42. The second-order valence-electron chi connectivity index (χ2n) is 6.37. The number of halogens is 1. The molecule has 6 nitrogen and oxygen atoms in total. The molecule has 1 aliphatic rings. The normalized spacial score (nSPS) is 12.8. The number of anilines is 2. The van der Waals surface area contributed by atoms with E-state index in [2.05, 4.69) is 15.6 Å². The third-order valence-electron chi connectivity index (χ3n) is 4.52. The van der Waals surface area contributed by atoms with E-state index in [1.165, 1.54) is 12.1 Å². The number of carbonyl (C=O) groups excluding carboxylic acids is 1. The zero-order valence-corrected chi connectivity index (χ0v) is 15.5. The van der Waals surface area contributed by atoms with E-state index in [0.29, 0.717) is 29.9 Å². The molecular weight excluding hydrogens is 378 g/mol. The van der Waals surface area contributed by atoms with E-state index in [1.807, 2.05) is 36.4 Å². The van der Waals surface area contributed by atoms with Crippen molar-refractivity contribution in [2.24, 2.45) is 0 Å². The predicted octanol–water partition coefficient (Wildman–Crippen LogP) is 4.13. The molecule has 0 unspecified atom stereocenters. The molecule has 7 heteroatoms. The lowest BCUT2D eigenvalue weighted by molar-refractivity contribution is 0.0697. The monoisotopic (exact) mass is 393 g/mol. The Morgan fingerprint density at radius 3 is 2.64 bits per heavy atom. The van der Waals surface area contributed by atoms with Crippen LogP contribution in [0.15, 0.2) is 54.6 Å². The second kappa shape index (κ2) is 7.32. The summed E-state index contributed by atoms with van der Waals surface area (Å²) in [7, 11) is 0. The Kier molecular flexibility index (Phi) is 4.71. The maximum atomic E-state index is 12.5. The van der Waals surface area contributed by atoms with E-state index in [4.69, 9.17) is 16.7 Å². The number of hydrogen-bond acceptors (Lipinski definition) is 4. The number of pyridine rings is 1. The first-order valence-corrected chi connectivity index (χ1v) is 9.08. The first kappa shape index (κ1) is 18.0. The summed E-state index contributed by atoms with van der Waals surface area (Å²) >= 11 is 6.08. The molecule has 2 heterocycles. The fourth-order valence-electron chi connectivity index (χ4n) is 3.19. The average molecular weight is 394 g/mol. The van der Waals surface area contributed by atoms with E-state index in [9.17, 15) is 9.59 Å². The van der Waals surface area contributed by atoms with Crippen LogP contribution in [0, 0.1) is 0 Å². The van der Waals surface area contributed by atoms with Crippen LogP contribution < -0.4 is 10.6 Å². The fourth-order valence-corrected chi connectivity index (χ4v) is 3.45. The lowest BCUT2D eigenvalue weighted by Crippen LogP contribution is -2.33. The number of carbonyl (C=O) groups is 2.